The van der Waals surface area contributed by atoms with Crippen LogP contribution in [-0.2, 0) is 24.7 Å². The SMILES string of the molecule is O=C1c2cccc(-n3c4c(-c5cc(C(F)(F)F)cc(C(F)(F)F)c5)cccc4c4cccc(-c5cc(C(F)(F)F)cc(C(F)(F)F)c5)c43)c2C(=O)N1c1cccc(-c2ccccc2)c1. The van der Waals surface area contributed by atoms with Crippen molar-refractivity contribution in [3.8, 4) is 39.1 Å². The number of anilines is 1. The van der Waals surface area contributed by atoms with Crippen LogP contribution in [0.3, 0.4) is 0 Å². The van der Waals surface area contributed by atoms with E-state index >= 15 is 0 Å². The molecule has 0 aliphatic carbocycles. The highest BCUT2D eigenvalue weighted by Crippen LogP contribution is 2.47. The minimum atomic E-state index is -5.28. The quantitative estimate of drug-likeness (QED) is 0.128. The summed E-state index contributed by atoms with van der Waals surface area (Å²) >= 11 is 0. The van der Waals surface area contributed by atoms with E-state index < -0.39 is 69.9 Å². The summed E-state index contributed by atoms with van der Waals surface area (Å²) in [6.07, 6.45) is -21.1. The summed E-state index contributed by atoms with van der Waals surface area (Å²) in [6, 6.07) is 28.8. The highest BCUT2D eigenvalue weighted by Gasteiger charge is 2.42. The van der Waals surface area contributed by atoms with Crippen molar-refractivity contribution in [1.82, 2.24) is 4.57 Å². The van der Waals surface area contributed by atoms with E-state index in [1.54, 1.807) is 48.5 Å². The van der Waals surface area contributed by atoms with Crippen LogP contribution >= 0.6 is 0 Å². The lowest BCUT2D eigenvalue weighted by molar-refractivity contribution is -0.144. The fourth-order valence-electron chi connectivity index (χ4n) is 8.19. The predicted molar refractivity (Wildman–Crippen MR) is 215 cm³/mol. The lowest BCUT2D eigenvalue weighted by atomic mass is 9.96. The molecule has 0 fully saturated rings. The lowest BCUT2D eigenvalue weighted by Crippen LogP contribution is -2.29. The van der Waals surface area contributed by atoms with Crippen molar-refractivity contribution < 1.29 is 62.3 Å². The molecule has 0 spiro atoms. The first-order valence-corrected chi connectivity index (χ1v) is 18.9. The van der Waals surface area contributed by atoms with Crippen LogP contribution in [0, 0.1) is 0 Å². The number of carbonyl (C=O) groups excluding carboxylic acids is 2. The molecule has 322 valence electrons. The molecule has 9 rings (SSSR count). The standard InChI is InChI=1S/C48H24F12N2O2/c49-45(50,51)29-18-27(19-30(23-29)46(52,53)54)34-12-5-14-36-37-15-6-13-35(28-20-31(47(55,56)57)24-32(21-28)48(58,59)60)42(37)62(41(34)36)39-17-7-16-38-40(39)44(64)61(43(38)63)33-11-4-10-26(22-33)25-8-2-1-3-9-25/h1-24H. The Hall–Kier alpha value is -7.36. The molecular formula is C48H24F12N2O2. The van der Waals surface area contributed by atoms with Gasteiger partial charge in [0.25, 0.3) is 11.8 Å². The second-order valence-electron chi connectivity index (χ2n) is 14.9. The van der Waals surface area contributed by atoms with Gasteiger partial charge in [-0.1, -0.05) is 84.9 Å². The number of imide groups is 1. The van der Waals surface area contributed by atoms with Gasteiger partial charge in [-0.2, -0.15) is 52.7 Å². The van der Waals surface area contributed by atoms with Crippen LogP contribution in [-0.4, -0.2) is 16.4 Å². The third-order valence-corrected chi connectivity index (χ3v) is 11.0. The Morgan fingerprint density at radius 2 is 0.781 bits per heavy atom. The molecule has 2 amide bonds. The van der Waals surface area contributed by atoms with Crippen molar-refractivity contribution in [1.29, 1.82) is 0 Å². The molecular weight excluding hydrogens is 865 g/mol. The second kappa shape index (κ2) is 14.6. The molecule has 16 heteroatoms. The Labute approximate surface area is 353 Å². The zero-order valence-corrected chi connectivity index (χ0v) is 32.1. The monoisotopic (exact) mass is 888 g/mol. The number of para-hydroxylation sites is 2. The van der Waals surface area contributed by atoms with Crippen LogP contribution in [0.15, 0.2) is 146 Å². The van der Waals surface area contributed by atoms with Crippen molar-refractivity contribution in [2.75, 3.05) is 4.90 Å². The summed E-state index contributed by atoms with van der Waals surface area (Å²) in [4.78, 5) is 29.9. The average molecular weight is 889 g/mol. The Morgan fingerprint density at radius 1 is 0.359 bits per heavy atom. The fraction of sp³-hybridized carbons (Fsp3) is 0.0833. The molecule has 2 heterocycles. The number of aromatic nitrogens is 1. The van der Waals surface area contributed by atoms with Crippen molar-refractivity contribution >= 4 is 39.3 Å². The third-order valence-electron chi connectivity index (χ3n) is 11.0. The van der Waals surface area contributed by atoms with Gasteiger partial charge in [0.15, 0.2) is 0 Å². The minimum absolute atomic E-state index is 0.0705. The smallest absolute Gasteiger partial charge is 0.307 e. The zero-order chi connectivity index (χ0) is 45.7. The van der Waals surface area contributed by atoms with Gasteiger partial charge < -0.3 is 4.57 Å². The maximum absolute atomic E-state index is 14.8. The van der Waals surface area contributed by atoms with E-state index in [0.29, 0.717) is 29.8 Å². The molecule has 0 atom stereocenters. The highest BCUT2D eigenvalue weighted by molar-refractivity contribution is 6.36. The van der Waals surface area contributed by atoms with Gasteiger partial charge in [0.05, 0.1) is 55.8 Å². The maximum Gasteiger partial charge on any atom is 0.416 e. The first-order chi connectivity index (χ1) is 30.1. The number of fused-ring (bicyclic) bond motifs is 4. The van der Waals surface area contributed by atoms with E-state index in [2.05, 4.69) is 0 Å². The number of amides is 2. The Bertz CT molecular complexity index is 3020. The van der Waals surface area contributed by atoms with Gasteiger partial charge in [0, 0.05) is 21.9 Å². The molecule has 1 aliphatic rings. The molecule has 64 heavy (non-hydrogen) atoms. The Kier molecular flexibility index (Phi) is 9.58. The summed E-state index contributed by atoms with van der Waals surface area (Å²) in [6.45, 7) is 0. The molecule has 4 nitrogen and oxygen atoms in total. The molecule has 8 aromatic rings. The van der Waals surface area contributed by atoms with Crippen LogP contribution in [0.2, 0.25) is 0 Å². The van der Waals surface area contributed by atoms with Crippen LogP contribution in [0.1, 0.15) is 43.0 Å². The van der Waals surface area contributed by atoms with E-state index in [4.69, 9.17) is 0 Å². The Balaban J connectivity index is 1.39. The number of hydrogen-bond donors (Lipinski definition) is 0. The van der Waals surface area contributed by atoms with Crippen molar-refractivity contribution in [3.05, 3.63) is 179 Å². The zero-order valence-electron chi connectivity index (χ0n) is 32.1. The van der Waals surface area contributed by atoms with Crippen molar-refractivity contribution in [3.63, 3.8) is 0 Å². The van der Waals surface area contributed by atoms with Crippen LogP contribution in [0.4, 0.5) is 58.4 Å². The molecule has 0 saturated heterocycles. The molecule has 7 aromatic carbocycles. The topological polar surface area (TPSA) is 42.3 Å². The number of benzene rings is 7. The number of halogens is 12. The summed E-state index contributed by atoms with van der Waals surface area (Å²) in [5.41, 5.74) is -8.12. The van der Waals surface area contributed by atoms with E-state index in [1.165, 1.54) is 65.2 Å². The number of nitrogens with zero attached hydrogens (tertiary/aromatic N) is 2. The Morgan fingerprint density at radius 3 is 1.25 bits per heavy atom. The predicted octanol–water partition coefficient (Wildman–Crippen LogP) is 14.7. The van der Waals surface area contributed by atoms with Crippen LogP contribution in [0.25, 0.3) is 60.9 Å². The molecule has 0 radical (unpaired) electrons. The summed E-state index contributed by atoms with van der Waals surface area (Å²) in [5.74, 6) is -1.75. The normalized spacial score (nSPS) is 13.7. The van der Waals surface area contributed by atoms with Crippen LogP contribution < -0.4 is 4.90 Å². The summed E-state index contributed by atoms with van der Waals surface area (Å²) in [5, 5.41) is 0.148. The molecule has 0 N–H and O–H groups in total. The molecule has 0 bridgehead atoms. The number of rotatable bonds is 5. The number of hydrogen-bond acceptors (Lipinski definition) is 2. The minimum Gasteiger partial charge on any atom is -0.307 e. The van der Waals surface area contributed by atoms with Gasteiger partial charge in [0.1, 0.15) is 0 Å². The fourth-order valence-corrected chi connectivity index (χ4v) is 8.19. The second-order valence-corrected chi connectivity index (χ2v) is 14.9. The van der Waals surface area contributed by atoms with E-state index in [-0.39, 0.29) is 67.6 Å². The molecule has 0 saturated carbocycles. The largest absolute Gasteiger partial charge is 0.416 e. The third kappa shape index (κ3) is 7.12. The highest BCUT2D eigenvalue weighted by atomic mass is 19.4. The van der Waals surface area contributed by atoms with Gasteiger partial charge in [-0.05, 0) is 82.9 Å². The molecule has 0 unspecified atom stereocenters. The van der Waals surface area contributed by atoms with Gasteiger partial charge in [-0.15, -0.1) is 0 Å². The van der Waals surface area contributed by atoms with Crippen molar-refractivity contribution in [2.45, 2.75) is 24.7 Å². The summed E-state index contributed by atoms with van der Waals surface area (Å²) < 4.78 is 172. The van der Waals surface area contributed by atoms with Gasteiger partial charge in [0.2, 0.25) is 0 Å². The number of alkyl halides is 12. The maximum atomic E-state index is 14.8. The van der Waals surface area contributed by atoms with Gasteiger partial charge in [-0.3, -0.25) is 9.59 Å². The van der Waals surface area contributed by atoms with E-state index in [9.17, 15) is 62.3 Å². The van der Waals surface area contributed by atoms with Gasteiger partial charge >= 0.3 is 24.7 Å². The van der Waals surface area contributed by atoms with E-state index in [0.717, 1.165) is 10.5 Å². The molecule has 1 aliphatic heterocycles. The average Bonchev–Trinajstić information content (AvgIpc) is 3.73. The number of carbonyl (C=O) groups is 2. The van der Waals surface area contributed by atoms with Gasteiger partial charge in [-0.25, -0.2) is 4.90 Å². The van der Waals surface area contributed by atoms with Crippen molar-refractivity contribution in [2.24, 2.45) is 0 Å². The molecule has 1 aromatic heterocycles. The van der Waals surface area contributed by atoms with Crippen LogP contribution in [0.5, 0.6) is 0 Å². The first kappa shape index (κ1) is 42.0. The first-order valence-electron chi connectivity index (χ1n) is 18.9. The van der Waals surface area contributed by atoms with E-state index in [1.807, 2.05) is 0 Å². The lowest BCUT2D eigenvalue weighted by Gasteiger charge is -2.19. The summed E-state index contributed by atoms with van der Waals surface area (Å²) in [7, 11) is 0.